The molecule has 0 spiro atoms. The highest BCUT2D eigenvalue weighted by Gasteiger charge is 2.14. The molecule has 33 heavy (non-hydrogen) atoms. The summed E-state index contributed by atoms with van der Waals surface area (Å²) in [7, 11) is 3.90. The van der Waals surface area contributed by atoms with Crippen LogP contribution >= 0.6 is 0 Å². The van der Waals surface area contributed by atoms with Crippen molar-refractivity contribution in [3.05, 3.63) is 113 Å². The van der Waals surface area contributed by atoms with Crippen LogP contribution in [-0.2, 0) is 4.79 Å². The van der Waals surface area contributed by atoms with Gasteiger partial charge in [0.2, 0.25) is 0 Å². The fourth-order valence-corrected chi connectivity index (χ4v) is 2.90. The van der Waals surface area contributed by atoms with E-state index in [9.17, 15) is 9.59 Å². The predicted molar refractivity (Wildman–Crippen MR) is 135 cm³/mol. The van der Waals surface area contributed by atoms with Gasteiger partial charge in [-0.1, -0.05) is 66.7 Å². The van der Waals surface area contributed by atoms with Crippen LogP contribution in [0.5, 0.6) is 0 Å². The van der Waals surface area contributed by atoms with Crippen LogP contribution in [0, 0.1) is 0 Å². The van der Waals surface area contributed by atoms with E-state index in [2.05, 4.69) is 15.8 Å². The van der Waals surface area contributed by atoms with E-state index in [4.69, 9.17) is 0 Å². The molecule has 166 valence electrons. The van der Waals surface area contributed by atoms with Gasteiger partial charge in [0.25, 0.3) is 11.8 Å². The highest BCUT2D eigenvalue weighted by atomic mass is 16.2. The average molecular weight is 439 g/mol. The van der Waals surface area contributed by atoms with Crippen molar-refractivity contribution < 1.29 is 9.59 Å². The van der Waals surface area contributed by atoms with Crippen molar-refractivity contribution in [1.29, 1.82) is 0 Å². The van der Waals surface area contributed by atoms with E-state index in [1.54, 1.807) is 36.4 Å². The number of rotatable bonds is 8. The Labute approximate surface area is 193 Å². The summed E-state index contributed by atoms with van der Waals surface area (Å²) in [4.78, 5) is 27.4. The van der Waals surface area contributed by atoms with Crippen LogP contribution in [0.3, 0.4) is 0 Å². The molecule has 0 radical (unpaired) electrons. The second kappa shape index (κ2) is 11.8. The summed E-state index contributed by atoms with van der Waals surface area (Å²) >= 11 is 0. The monoisotopic (exact) mass is 438 g/mol. The van der Waals surface area contributed by atoms with Crippen molar-refractivity contribution in [2.24, 2.45) is 5.10 Å². The molecule has 2 amide bonds. The summed E-state index contributed by atoms with van der Waals surface area (Å²) in [6.07, 6.45) is 6.69. The first-order chi connectivity index (χ1) is 16.0. The molecule has 0 atom stereocenters. The van der Waals surface area contributed by atoms with Crippen LogP contribution in [0.15, 0.2) is 102 Å². The van der Waals surface area contributed by atoms with Gasteiger partial charge in [-0.2, -0.15) is 5.10 Å². The van der Waals surface area contributed by atoms with E-state index in [0.717, 1.165) is 16.8 Å². The van der Waals surface area contributed by atoms with Gasteiger partial charge in [0.05, 0.1) is 0 Å². The smallest absolute Gasteiger partial charge is 0.287 e. The third kappa shape index (κ3) is 7.33. The quantitative estimate of drug-likeness (QED) is 0.312. The Hall–Kier alpha value is -4.45. The molecule has 3 aromatic rings. The number of nitrogens with one attached hydrogen (secondary N) is 2. The lowest BCUT2D eigenvalue weighted by atomic mass is 10.1. The molecule has 0 unspecified atom stereocenters. The van der Waals surface area contributed by atoms with E-state index in [-0.39, 0.29) is 11.6 Å². The van der Waals surface area contributed by atoms with Crippen molar-refractivity contribution in [3.8, 4) is 0 Å². The number of anilines is 1. The average Bonchev–Trinajstić information content (AvgIpc) is 2.84. The van der Waals surface area contributed by atoms with Crippen LogP contribution in [-0.4, -0.2) is 32.1 Å². The number of carbonyl (C=O) groups is 2. The fraction of sp³-hybridized carbons (Fsp3) is 0.0741. The number of allylic oxidation sites excluding steroid dienone is 1. The van der Waals surface area contributed by atoms with Gasteiger partial charge in [0.15, 0.2) is 0 Å². The van der Waals surface area contributed by atoms with E-state index >= 15 is 0 Å². The van der Waals surface area contributed by atoms with Crippen LogP contribution in [0.25, 0.3) is 12.2 Å². The Morgan fingerprint density at radius 1 is 0.818 bits per heavy atom. The first-order valence-electron chi connectivity index (χ1n) is 10.4. The molecule has 0 aliphatic heterocycles. The van der Waals surface area contributed by atoms with E-state index in [1.807, 2.05) is 85.7 Å². The molecule has 0 saturated carbocycles. The third-order valence-corrected chi connectivity index (χ3v) is 4.66. The highest BCUT2D eigenvalue weighted by Crippen LogP contribution is 2.14. The van der Waals surface area contributed by atoms with E-state index in [0.29, 0.717) is 5.56 Å². The standard InChI is InChI=1S/C27H26N4O2/c1-31(2)24-17-15-22(16-18-24)20-25(29-26(32)23-13-7-4-8-14-23)27(33)30-28-19-9-12-21-10-5-3-6-11-21/h3-20H,1-2H3,(H,29,32)(H,30,33). The normalized spacial score (nSPS) is 11.5. The lowest BCUT2D eigenvalue weighted by molar-refractivity contribution is -0.117. The SMILES string of the molecule is CN(C)c1ccc(C=C(NC(=O)c2ccccc2)C(=O)NN=CC=Cc2ccccc2)cc1. The predicted octanol–water partition coefficient (Wildman–Crippen LogP) is 4.34. The van der Waals surface area contributed by atoms with Gasteiger partial charge in [-0.05, 0) is 47.5 Å². The molecular weight excluding hydrogens is 412 g/mol. The lowest BCUT2D eigenvalue weighted by Gasteiger charge is -2.12. The molecule has 0 fully saturated rings. The minimum atomic E-state index is -0.527. The van der Waals surface area contributed by atoms with Crippen molar-refractivity contribution >= 4 is 35.9 Å². The molecule has 0 saturated heterocycles. The lowest BCUT2D eigenvalue weighted by Crippen LogP contribution is -2.32. The molecule has 0 bridgehead atoms. The third-order valence-electron chi connectivity index (χ3n) is 4.66. The van der Waals surface area contributed by atoms with Crippen LogP contribution in [0.2, 0.25) is 0 Å². The number of hydrogen-bond donors (Lipinski definition) is 2. The first kappa shape index (κ1) is 23.2. The Kier molecular flexibility index (Phi) is 8.31. The Morgan fingerprint density at radius 3 is 2.09 bits per heavy atom. The second-order valence-corrected chi connectivity index (χ2v) is 7.35. The largest absolute Gasteiger partial charge is 0.378 e. The van der Waals surface area contributed by atoms with Crippen molar-refractivity contribution in [2.45, 2.75) is 0 Å². The highest BCUT2D eigenvalue weighted by molar-refractivity contribution is 6.05. The maximum atomic E-state index is 12.8. The second-order valence-electron chi connectivity index (χ2n) is 7.35. The summed E-state index contributed by atoms with van der Waals surface area (Å²) in [5.41, 5.74) is 5.82. The number of amides is 2. The molecule has 3 rings (SSSR count). The minimum Gasteiger partial charge on any atom is -0.378 e. The summed E-state index contributed by atoms with van der Waals surface area (Å²) in [5.74, 6) is -0.907. The Bertz CT molecular complexity index is 1150. The Balaban J connectivity index is 1.75. The van der Waals surface area contributed by atoms with Crippen LogP contribution in [0.4, 0.5) is 5.69 Å². The van der Waals surface area contributed by atoms with E-state index < -0.39 is 5.91 Å². The van der Waals surface area contributed by atoms with Crippen molar-refractivity contribution in [2.75, 3.05) is 19.0 Å². The number of nitrogens with zero attached hydrogens (tertiary/aromatic N) is 2. The van der Waals surface area contributed by atoms with Gasteiger partial charge in [0.1, 0.15) is 5.70 Å². The fourth-order valence-electron chi connectivity index (χ4n) is 2.90. The number of benzene rings is 3. The maximum Gasteiger partial charge on any atom is 0.287 e. The minimum absolute atomic E-state index is 0.0886. The number of carbonyl (C=O) groups excluding carboxylic acids is 2. The van der Waals surface area contributed by atoms with Gasteiger partial charge in [0, 0.05) is 31.6 Å². The molecular formula is C27H26N4O2. The molecule has 0 heterocycles. The molecule has 3 aromatic carbocycles. The van der Waals surface area contributed by atoms with Gasteiger partial charge in [-0.3, -0.25) is 9.59 Å². The van der Waals surface area contributed by atoms with Gasteiger partial charge in [-0.15, -0.1) is 0 Å². The summed E-state index contributed by atoms with van der Waals surface area (Å²) in [6.45, 7) is 0. The maximum absolute atomic E-state index is 12.8. The number of hydrazone groups is 1. The summed E-state index contributed by atoms with van der Waals surface area (Å²) in [6, 6.07) is 26.1. The van der Waals surface area contributed by atoms with Gasteiger partial charge in [-0.25, -0.2) is 5.43 Å². The van der Waals surface area contributed by atoms with Crippen LogP contribution in [0.1, 0.15) is 21.5 Å². The van der Waals surface area contributed by atoms with Crippen molar-refractivity contribution in [1.82, 2.24) is 10.7 Å². The molecule has 6 nitrogen and oxygen atoms in total. The molecule has 0 aliphatic carbocycles. The molecule has 2 N–H and O–H groups in total. The van der Waals surface area contributed by atoms with Gasteiger partial charge >= 0.3 is 0 Å². The topological polar surface area (TPSA) is 73.8 Å². The number of hydrogen-bond acceptors (Lipinski definition) is 4. The zero-order valence-corrected chi connectivity index (χ0v) is 18.6. The first-order valence-corrected chi connectivity index (χ1v) is 10.4. The molecule has 0 aliphatic rings. The summed E-state index contributed by atoms with van der Waals surface area (Å²) < 4.78 is 0. The van der Waals surface area contributed by atoms with Crippen LogP contribution < -0.4 is 15.6 Å². The van der Waals surface area contributed by atoms with Crippen molar-refractivity contribution in [3.63, 3.8) is 0 Å². The summed E-state index contributed by atoms with van der Waals surface area (Å²) in [5, 5.41) is 6.65. The zero-order chi connectivity index (χ0) is 23.5. The molecule has 6 heteroatoms. The zero-order valence-electron chi connectivity index (χ0n) is 18.6. The Morgan fingerprint density at radius 2 is 1.45 bits per heavy atom. The van der Waals surface area contributed by atoms with Gasteiger partial charge < -0.3 is 10.2 Å². The van der Waals surface area contributed by atoms with E-state index in [1.165, 1.54) is 6.21 Å². The molecule has 0 aromatic heterocycles.